The molecule has 0 saturated carbocycles. The fourth-order valence-electron chi connectivity index (χ4n) is 3.23. The van der Waals surface area contributed by atoms with Crippen molar-refractivity contribution < 1.29 is 29.0 Å². The number of amides is 4. The fraction of sp³-hybridized carbons (Fsp3) is 0.600. The van der Waals surface area contributed by atoms with E-state index in [2.05, 4.69) is 28.2 Å². The Bertz CT molecular complexity index is 835. The van der Waals surface area contributed by atoms with Crippen LogP contribution in [0.4, 0.5) is 5.69 Å². The highest BCUT2D eigenvalue weighted by Crippen LogP contribution is 2.17. The lowest BCUT2D eigenvalue weighted by Crippen LogP contribution is -2.52. The molecule has 0 saturated heterocycles. The van der Waals surface area contributed by atoms with Crippen molar-refractivity contribution >= 4 is 29.3 Å². The first-order chi connectivity index (χ1) is 17.3. The number of rotatable bonds is 19. The maximum atomic E-state index is 12.5. The van der Waals surface area contributed by atoms with E-state index in [1.807, 2.05) is 6.07 Å². The number of aliphatic hydroxyl groups is 1. The molecule has 0 fully saturated rings. The topological polar surface area (TPSA) is 172 Å². The molecule has 0 aromatic heterocycles. The fourth-order valence-corrected chi connectivity index (χ4v) is 3.23. The summed E-state index contributed by atoms with van der Waals surface area (Å²) in [7, 11) is 0. The van der Waals surface area contributed by atoms with Crippen molar-refractivity contribution in [3.8, 4) is 5.75 Å². The summed E-state index contributed by atoms with van der Waals surface area (Å²) in [5, 5.41) is 19.8. The minimum absolute atomic E-state index is 0.0458. The molecular formula is C25H41N5O6. The van der Waals surface area contributed by atoms with Gasteiger partial charge in [-0.1, -0.05) is 32.3 Å². The van der Waals surface area contributed by atoms with E-state index in [9.17, 15) is 19.2 Å². The van der Waals surface area contributed by atoms with Crippen molar-refractivity contribution in [1.82, 2.24) is 16.0 Å². The van der Waals surface area contributed by atoms with Crippen molar-refractivity contribution in [1.29, 1.82) is 0 Å². The third kappa shape index (κ3) is 13.5. The number of benzene rings is 1. The van der Waals surface area contributed by atoms with Crippen LogP contribution in [-0.4, -0.2) is 67.1 Å². The van der Waals surface area contributed by atoms with E-state index >= 15 is 0 Å². The average Bonchev–Trinajstić information content (AvgIpc) is 2.85. The molecule has 0 radical (unpaired) electrons. The zero-order valence-electron chi connectivity index (χ0n) is 21.3. The number of carbonyl (C=O) groups is 4. The standard InChI is InChI=1S/C25H41N5O6/c1-3-4-5-6-13-28-22(32)12-11-21(24(26)34)30-25(35)18(2)29-23(33)17-36-20-10-7-9-19(16-20)27-14-8-15-31/h7,9-10,16,18,21,27,31H,3-6,8,11-15,17H2,1-2H3,(H2,26,34)(H,28,32)(H,29,33)(H,30,35)/t18-,21+/m0/s1. The van der Waals surface area contributed by atoms with Crippen molar-refractivity contribution in [3.63, 3.8) is 0 Å². The largest absolute Gasteiger partial charge is 0.484 e. The lowest BCUT2D eigenvalue weighted by atomic mass is 10.1. The summed E-state index contributed by atoms with van der Waals surface area (Å²) >= 11 is 0. The smallest absolute Gasteiger partial charge is 0.258 e. The molecule has 0 aliphatic heterocycles. The van der Waals surface area contributed by atoms with Gasteiger partial charge in [-0.2, -0.15) is 0 Å². The summed E-state index contributed by atoms with van der Waals surface area (Å²) in [4.78, 5) is 48.4. The van der Waals surface area contributed by atoms with Gasteiger partial charge in [-0.05, 0) is 38.3 Å². The second kappa shape index (κ2) is 18.0. The second-order valence-electron chi connectivity index (χ2n) is 8.52. The van der Waals surface area contributed by atoms with Crippen molar-refractivity contribution in [2.45, 2.75) is 70.9 Å². The summed E-state index contributed by atoms with van der Waals surface area (Å²) in [5.41, 5.74) is 6.17. The predicted molar refractivity (Wildman–Crippen MR) is 137 cm³/mol. The predicted octanol–water partition coefficient (Wildman–Crippen LogP) is 0.811. The maximum absolute atomic E-state index is 12.5. The molecule has 7 N–H and O–H groups in total. The SMILES string of the molecule is CCCCCCNC(=O)CC[C@@H](NC(=O)[C@H](C)NC(=O)COc1cccc(NCCCO)c1)C(N)=O. The number of primary amides is 1. The molecule has 11 heteroatoms. The van der Waals surface area contributed by atoms with Gasteiger partial charge in [0.1, 0.15) is 17.8 Å². The van der Waals surface area contributed by atoms with Gasteiger partial charge in [-0.25, -0.2) is 0 Å². The van der Waals surface area contributed by atoms with E-state index in [0.717, 1.165) is 31.4 Å². The number of nitrogens with one attached hydrogen (secondary N) is 4. The van der Waals surface area contributed by atoms with Crippen LogP contribution >= 0.6 is 0 Å². The third-order valence-electron chi connectivity index (χ3n) is 5.31. The Labute approximate surface area is 212 Å². The maximum Gasteiger partial charge on any atom is 0.258 e. The molecule has 36 heavy (non-hydrogen) atoms. The lowest BCUT2D eigenvalue weighted by Gasteiger charge is -2.19. The molecule has 0 spiro atoms. The van der Waals surface area contributed by atoms with Gasteiger partial charge in [0.2, 0.25) is 17.7 Å². The van der Waals surface area contributed by atoms with Crippen molar-refractivity contribution in [2.75, 3.05) is 31.6 Å². The van der Waals surface area contributed by atoms with Gasteiger partial charge in [0, 0.05) is 37.9 Å². The van der Waals surface area contributed by atoms with E-state index in [1.54, 1.807) is 18.2 Å². The second-order valence-corrected chi connectivity index (χ2v) is 8.52. The zero-order valence-corrected chi connectivity index (χ0v) is 21.3. The number of nitrogens with two attached hydrogens (primary N) is 1. The number of unbranched alkanes of at least 4 members (excludes halogenated alkanes) is 3. The molecule has 0 aliphatic rings. The number of aliphatic hydroxyl groups excluding tert-OH is 1. The van der Waals surface area contributed by atoms with Crippen LogP contribution in [0.5, 0.6) is 5.75 Å². The van der Waals surface area contributed by atoms with Gasteiger partial charge in [-0.15, -0.1) is 0 Å². The Balaban J connectivity index is 2.41. The Morgan fingerprint density at radius 3 is 2.50 bits per heavy atom. The Morgan fingerprint density at radius 2 is 1.81 bits per heavy atom. The van der Waals surface area contributed by atoms with E-state index in [0.29, 0.717) is 25.3 Å². The summed E-state index contributed by atoms with van der Waals surface area (Å²) in [6.45, 7) is 4.53. The number of ether oxygens (including phenoxy) is 1. The average molecular weight is 508 g/mol. The Morgan fingerprint density at radius 1 is 1.03 bits per heavy atom. The molecule has 202 valence electrons. The molecule has 4 amide bonds. The van der Waals surface area contributed by atoms with Gasteiger partial charge < -0.3 is 36.8 Å². The van der Waals surface area contributed by atoms with Gasteiger partial charge in [-0.3, -0.25) is 19.2 Å². The van der Waals surface area contributed by atoms with Crippen LogP contribution in [0.2, 0.25) is 0 Å². The molecule has 11 nitrogen and oxygen atoms in total. The molecule has 1 rings (SSSR count). The molecule has 2 atom stereocenters. The van der Waals surface area contributed by atoms with E-state index in [1.165, 1.54) is 6.92 Å². The van der Waals surface area contributed by atoms with Gasteiger partial charge in [0.05, 0.1) is 0 Å². The first-order valence-corrected chi connectivity index (χ1v) is 12.5. The molecule has 1 aromatic carbocycles. The van der Waals surface area contributed by atoms with E-state index in [4.69, 9.17) is 15.6 Å². The molecule has 0 unspecified atom stereocenters. The minimum Gasteiger partial charge on any atom is -0.484 e. The first kappa shape index (κ1) is 30.7. The van der Waals surface area contributed by atoms with Crippen molar-refractivity contribution in [3.05, 3.63) is 24.3 Å². The highest BCUT2D eigenvalue weighted by Gasteiger charge is 2.23. The first-order valence-electron chi connectivity index (χ1n) is 12.5. The van der Waals surface area contributed by atoms with Crippen LogP contribution in [-0.2, 0) is 19.2 Å². The highest BCUT2D eigenvalue weighted by atomic mass is 16.5. The zero-order chi connectivity index (χ0) is 26.8. The van der Waals surface area contributed by atoms with Crippen LogP contribution in [0.3, 0.4) is 0 Å². The minimum atomic E-state index is -1.03. The van der Waals surface area contributed by atoms with Crippen LogP contribution in [0.1, 0.15) is 58.8 Å². The molecule has 0 bridgehead atoms. The van der Waals surface area contributed by atoms with Crippen LogP contribution in [0.25, 0.3) is 0 Å². The summed E-state index contributed by atoms with van der Waals surface area (Å²) < 4.78 is 5.48. The van der Waals surface area contributed by atoms with Crippen LogP contribution in [0, 0.1) is 0 Å². The summed E-state index contributed by atoms with van der Waals surface area (Å²) in [6.07, 6.45) is 4.88. The lowest BCUT2D eigenvalue weighted by molar-refractivity contribution is -0.131. The van der Waals surface area contributed by atoms with Gasteiger partial charge in [0.15, 0.2) is 6.61 Å². The van der Waals surface area contributed by atoms with Crippen LogP contribution in [0.15, 0.2) is 24.3 Å². The summed E-state index contributed by atoms with van der Waals surface area (Å²) in [6, 6.07) is 5.05. The van der Waals surface area contributed by atoms with E-state index < -0.39 is 29.8 Å². The normalized spacial score (nSPS) is 12.2. The number of carbonyl (C=O) groups excluding carboxylic acids is 4. The number of hydrogen-bond donors (Lipinski definition) is 6. The molecule has 0 aliphatic carbocycles. The van der Waals surface area contributed by atoms with E-state index in [-0.39, 0.29) is 32.0 Å². The van der Waals surface area contributed by atoms with Crippen molar-refractivity contribution in [2.24, 2.45) is 5.73 Å². The summed E-state index contributed by atoms with van der Waals surface area (Å²) in [5.74, 6) is -1.61. The Kier molecular flexibility index (Phi) is 15.3. The quantitative estimate of drug-likeness (QED) is 0.150. The monoisotopic (exact) mass is 507 g/mol. The molecular weight excluding hydrogens is 466 g/mol. The van der Waals surface area contributed by atoms with Gasteiger partial charge >= 0.3 is 0 Å². The number of hydrogen-bond acceptors (Lipinski definition) is 7. The van der Waals surface area contributed by atoms with Gasteiger partial charge in [0.25, 0.3) is 5.91 Å². The Hall–Kier alpha value is -3.34. The van der Waals surface area contributed by atoms with Crippen LogP contribution < -0.4 is 31.7 Å². The third-order valence-corrected chi connectivity index (χ3v) is 5.31. The molecule has 1 aromatic rings. The molecule has 0 heterocycles. The number of anilines is 1. The highest BCUT2D eigenvalue weighted by molar-refractivity contribution is 5.91.